The van der Waals surface area contributed by atoms with Crippen molar-refractivity contribution in [3.05, 3.63) is 0 Å². The molecular weight excluding hydrogens is 224 g/mol. The molecule has 2 fully saturated rings. The third kappa shape index (κ3) is 2.59. The van der Waals surface area contributed by atoms with E-state index in [0.29, 0.717) is 12.1 Å². The van der Waals surface area contributed by atoms with Crippen molar-refractivity contribution in [3.63, 3.8) is 0 Å². The van der Waals surface area contributed by atoms with Gasteiger partial charge in [0, 0.05) is 24.7 Å². The molecule has 2 N–H and O–H groups in total. The van der Waals surface area contributed by atoms with Crippen LogP contribution in [0.4, 0.5) is 0 Å². The number of hydrogen-bond acceptors (Lipinski definition) is 3. The molecule has 18 heavy (non-hydrogen) atoms. The molecule has 106 valence electrons. The van der Waals surface area contributed by atoms with E-state index in [0.717, 1.165) is 19.7 Å². The monoisotopic (exact) mass is 254 g/mol. The molecule has 0 aromatic rings. The van der Waals surface area contributed by atoms with Crippen molar-refractivity contribution in [2.24, 2.45) is 5.73 Å². The Hall–Kier alpha value is -0.120. The number of rotatable bonds is 5. The molecule has 1 saturated heterocycles. The molecule has 2 aliphatic rings. The van der Waals surface area contributed by atoms with Crippen LogP contribution >= 0.6 is 0 Å². The molecular formula is C15H30N2O. The van der Waals surface area contributed by atoms with Crippen molar-refractivity contribution in [3.8, 4) is 0 Å². The molecule has 0 bridgehead atoms. The van der Waals surface area contributed by atoms with E-state index in [2.05, 4.69) is 18.7 Å². The van der Waals surface area contributed by atoms with E-state index in [1.807, 2.05) is 0 Å². The number of nitrogens with zero attached hydrogens (tertiary/aromatic N) is 1. The minimum absolute atomic E-state index is 0.221. The van der Waals surface area contributed by atoms with Crippen molar-refractivity contribution in [2.45, 2.75) is 76.5 Å². The molecule has 3 unspecified atom stereocenters. The topological polar surface area (TPSA) is 38.5 Å². The van der Waals surface area contributed by atoms with Crippen molar-refractivity contribution in [2.75, 3.05) is 19.7 Å². The number of morpholine rings is 1. The summed E-state index contributed by atoms with van der Waals surface area (Å²) in [6.07, 6.45) is 9.33. The molecule has 3 atom stereocenters. The van der Waals surface area contributed by atoms with Gasteiger partial charge < -0.3 is 10.5 Å². The summed E-state index contributed by atoms with van der Waals surface area (Å²) >= 11 is 0. The summed E-state index contributed by atoms with van der Waals surface area (Å²) in [5.74, 6) is 0. The Bertz CT molecular complexity index is 251. The summed E-state index contributed by atoms with van der Waals surface area (Å²) in [6.45, 7) is 7.34. The van der Waals surface area contributed by atoms with Crippen LogP contribution in [0.2, 0.25) is 0 Å². The first-order chi connectivity index (χ1) is 8.77. The lowest BCUT2D eigenvalue weighted by molar-refractivity contribution is -0.127. The zero-order valence-electron chi connectivity index (χ0n) is 12.2. The van der Waals surface area contributed by atoms with Gasteiger partial charge in [-0.25, -0.2) is 0 Å². The number of hydrogen-bond donors (Lipinski definition) is 1. The van der Waals surface area contributed by atoms with Gasteiger partial charge >= 0.3 is 0 Å². The maximum Gasteiger partial charge on any atom is 0.0731 e. The maximum atomic E-state index is 6.17. The van der Waals surface area contributed by atoms with Gasteiger partial charge in [0.15, 0.2) is 0 Å². The second-order valence-electron chi connectivity index (χ2n) is 5.99. The van der Waals surface area contributed by atoms with Crippen LogP contribution in [0.3, 0.4) is 0 Å². The first-order valence-corrected chi connectivity index (χ1v) is 7.86. The molecule has 0 amide bonds. The molecule has 0 spiro atoms. The Labute approximate surface area is 112 Å². The predicted molar refractivity (Wildman–Crippen MR) is 75.7 cm³/mol. The molecule has 1 saturated carbocycles. The Morgan fingerprint density at radius 3 is 2.72 bits per heavy atom. The first-order valence-electron chi connectivity index (χ1n) is 7.86. The van der Waals surface area contributed by atoms with Crippen LogP contribution in [0.1, 0.15) is 58.8 Å². The van der Waals surface area contributed by atoms with Crippen LogP contribution in [0.5, 0.6) is 0 Å². The number of nitrogens with two attached hydrogens (primary N) is 1. The number of fused-ring (bicyclic) bond motifs is 1. The van der Waals surface area contributed by atoms with Crippen LogP contribution < -0.4 is 5.73 Å². The highest BCUT2D eigenvalue weighted by Gasteiger charge is 2.43. The highest BCUT2D eigenvalue weighted by atomic mass is 16.5. The van der Waals surface area contributed by atoms with E-state index in [-0.39, 0.29) is 5.54 Å². The third-order valence-electron chi connectivity index (χ3n) is 5.09. The minimum atomic E-state index is 0.221. The van der Waals surface area contributed by atoms with Gasteiger partial charge in [0.25, 0.3) is 0 Å². The fraction of sp³-hybridized carbons (Fsp3) is 1.00. The van der Waals surface area contributed by atoms with Crippen LogP contribution in [-0.4, -0.2) is 42.3 Å². The highest BCUT2D eigenvalue weighted by Crippen LogP contribution is 2.36. The summed E-state index contributed by atoms with van der Waals surface area (Å²) in [5, 5.41) is 0. The van der Waals surface area contributed by atoms with Gasteiger partial charge in [0.05, 0.1) is 12.7 Å². The highest BCUT2D eigenvalue weighted by molar-refractivity contribution is 4.99. The summed E-state index contributed by atoms with van der Waals surface area (Å²) in [4.78, 5) is 2.73. The van der Waals surface area contributed by atoms with Crippen molar-refractivity contribution in [1.82, 2.24) is 4.90 Å². The van der Waals surface area contributed by atoms with Crippen molar-refractivity contribution < 1.29 is 4.74 Å². The smallest absolute Gasteiger partial charge is 0.0731 e. The maximum absolute atomic E-state index is 6.17. The van der Waals surface area contributed by atoms with Gasteiger partial charge in [0.1, 0.15) is 0 Å². The quantitative estimate of drug-likeness (QED) is 0.819. The second kappa shape index (κ2) is 6.36. The van der Waals surface area contributed by atoms with Crippen molar-refractivity contribution >= 4 is 0 Å². The first kappa shape index (κ1) is 14.3. The summed E-state index contributed by atoms with van der Waals surface area (Å²) < 4.78 is 5.99. The molecule has 0 aromatic heterocycles. The molecule has 0 radical (unpaired) electrons. The van der Waals surface area contributed by atoms with Gasteiger partial charge in [-0.05, 0) is 25.7 Å². The Balaban J connectivity index is 2.16. The Morgan fingerprint density at radius 2 is 2.06 bits per heavy atom. The van der Waals surface area contributed by atoms with Gasteiger partial charge in [-0.3, -0.25) is 4.90 Å². The molecule has 1 heterocycles. The van der Waals surface area contributed by atoms with Gasteiger partial charge in [-0.2, -0.15) is 0 Å². The normalized spacial score (nSPS) is 32.8. The number of ether oxygens (including phenoxy) is 1. The SMILES string of the molecule is CCCC(CC)(CN)N1CCOC2CCCCC21. The van der Waals surface area contributed by atoms with Crippen LogP contribution in [0, 0.1) is 0 Å². The van der Waals surface area contributed by atoms with Crippen LogP contribution in [-0.2, 0) is 4.74 Å². The summed E-state index contributed by atoms with van der Waals surface area (Å²) in [5.41, 5.74) is 6.40. The zero-order valence-corrected chi connectivity index (χ0v) is 12.2. The third-order valence-corrected chi connectivity index (χ3v) is 5.09. The fourth-order valence-electron chi connectivity index (χ4n) is 4.04. The molecule has 0 aromatic carbocycles. The Kier molecular flexibility index (Phi) is 5.05. The lowest BCUT2D eigenvalue weighted by Crippen LogP contribution is -2.64. The van der Waals surface area contributed by atoms with E-state index >= 15 is 0 Å². The lowest BCUT2D eigenvalue weighted by Gasteiger charge is -2.53. The lowest BCUT2D eigenvalue weighted by atomic mass is 9.82. The average molecular weight is 254 g/mol. The van der Waals surface area contributed by atoms with Crippen molar-refractivity contribution in [1.29, 1.82) is 0 Å². The summed E-state index contributed by atoms with van der Waals surface area (Å²) in [7, 11) is 0. The van der Waals surface area contributed by atoms with Crippen LogP contribution in [0.25, 0.3) is 0 Å². The van der Waals surface area contributed by atoms with Gasteiger partial charge in [-0.1, -0.05) is 33.1 Å². The van der Waals surface area contributed by atoms with Crippen LogP contribution in [0.15, 0.2) is 0 Å². The largest absolute Gasteiger partial charge is 0.375 e. The fourth-order valence-corrected chi connectivity index (χ4v) is 4.04. The molecule has 2 rings (SSSR count). The molecule has 1 aliphatic carbocycles. The van der Waals surface area contributed by atoms with E-state index in [4.69, 9.17) is 10.5 Å². The molecule has 3 heteroatoms. The molecule has 1 aliphatic heterocycles. The second-order valence-corrected chi connectivity index (χ2v) is 5.99. The standard InChI is InChI=1S/C15H30N2O/c1-3-9-15(4-2,12-16)17-10-11-18-14-8-6-5-7-13(14)17/h13-14H,3-12,16H2,1-2H3. The predicted octanol–water partition coefficient (Wildman–Crippen LogP) is 2.54. The van der Waals surface area contributed by atoms with Gasteiger partial charge in [-0.15, -0.1) is 0 Å². The summed E-state index contributed by atoms with van der Waals surface area (Å²) in [6, 6.07) is 0.627. The average Bonchev–Trinajstić information content (AvgIpc) is 2.44. The minimum Gasteiger partial charge on any atom is -0.375 e. The molecule has 3 nitrogen and oxygen atoms in total. The van der Waals surface area contributed by atoms with Gasteiger partial charge in [0.2, 0.25) is 0 Å². The van der Waals surface area contributed by atoms with E-state index in [9.17, 15) is 0 Å². The Morgan fingerprint density at radius 1 is 1.28 bits per heavy atom. The van der Waals surface area contributed by atoms with E-state index < -0.39 is 0 Å². The van der Waals surface area contributed by atoms with E-state index in [1.54, 1.807) is 0 Å². The van der Waals surface area contributed by atoms with E-state index in [1.165, 1.54) is 44.9 Å². The zero-order chi connectivity index (χ0) is 13.0.